The number of nitrogens with zero attached hydrogens (tertiary/aromatic N) is 1. The standard InChI is InChI=1S/C20H22ClNO3S/c1-14-7-10-16(11-8-14)26(23,24)22-17-5-3-2-4-6-19(17)25-20-12-9-15(21)13-18(20)22/h7-13,17,19H,2-6H2,1H3/t17-,19-/m1/s1. The Bertz CT molecular complexity index is 911. The van der Waals surface area contributed by atoms with Crippen LogP contribution >= 0.6 is 11.6 Å². The summed E-state index contributed by atoms with van der Waals surface area (Å²) >= 11 is 6.19. The van der Waals surface area contributed by atoms with Gasteiger partial charge in [0.1, 0.15) is 11.9 Å². The van der Waals surface area contributed by atoms with Gasteiger partial charge in [-0.05, 0) is 56.5 Å². The molecule has 4 nitrogen and oxygen atoms in total. The van der Waals surface area contributed by atoms with Crippen LogP contribution in [-0.2, 0) is 10.0 Å². The number of hydrogen-bond acceptors (Lipinski definition) is 3. The third kappa shape index (κ3) is 3.08. The van der Waals surface area contributed by atoms with Crippen molar-refractivity contribution in [2.24, 2.45) is 0 Å². The number of benzene rings is 2. The van der Waals surface area contributed by atoms with E-state index in [1.165, 1.54) is 0 Å². The zero-order chi connectivity index (χ0) is 18.3. The molecule has 2 aromatic rings. The van der Waals surface area contributed by atoms with Crippen molar-refractivity contribution in [2.75, 3.05) is 4.31 Å². The van der Waals surface area contributed by atoms with Crippen LogP contribution in [0.2, 0.25) is 5.02 Å². The van der Waals surface area contributed by atoms with E-state index in [1.807, 2.05) is 19.1 Å². The highest BCUT2D eigenvalue weighted by Gasteiger charge is 2.43. The van der Waals surface area contributed by atoms with Gasteiger partial charge in [0.2, 0.25) is 0 Å². The van der Waals surface area contributed by atoms with E-state index in [4.69, 9.17) is 16.3 Å². The Balaban J connectivity index is 1.87. The van der Waals surface area contributed by atoms with Crippen LogP contribution in [0.5, 0.6) is 5.75 Å². The zero-order valence-electron chi connectivity index (χ0n) is 14.7. The van der Waals surface area contributed by atoms with Crippen LogP contribution in [0.25, 0.3) is 0 Å². The maximum atomic E-state index is 13.6. The lowest BCUT2D eigenvalue weighted by Gasteiger charge is -2.42. The van der Waals surface area contributed by atoms with E-state index in [9.17, 15) is 8.42 Å². The molecule has 2 aromatic carbocycles. The summed E-state index contributed by atoms with van der Waals surface area (Å²) in [6.45, 7) is 1.95. The topological polar surface area (TPSA) is 46.6 Å². The lowest BCUT2D eigenvalue weighted by Crippen LogP contribution is -2.51. The molecule has 0 spiro atoms. The summed E-state index contributed by atoms with van der Waals surface area (Å²) in [7, 11) is -3.70. The molecule has 2 aliphatic rings. The summed E-state index contributed by atoms with van der Waals surface area (Å²) in [4.78, 5) is 0.305. The van der Waals surface area contributed by atoms with Crippen LogP contribution in [0.3, 0.4) is 0 Å². The highest BCUT2D eigenvalue weighted by Crippen LogP contribution is 2.44. The predicted molar refractivity (Wildman–Crippen MR) is 104 cm³/mol. The van der Waals surface area contributed by atoms with Crippen molar-refractivity contribution in [2.45, 2.75) is 56.1 Å². The minimum atomic E-state index is -3.70. The number of ether oxygens (including phenoxy) is 1. The van der Waals surface area contributed by atoms with Gasteiger partial charge in [0.15, 0.2) is 0 Å². The van der Waals surface area contributed by atoms with E-state index < -0.39 is 10.0 Å². The molecular formula is C20H22ClNO3S. The number of fused-ring (bicyclic) bond motifs is 2. The highest BCUT2D eigenvalue weighted by atomic mass is 35.5. The lowest BCUT2D eigenvalue weighted by atomic mass is 10.0. The van der Waals surface area contributed by atoms with Crippen LogP contribution in [0.1, 0.15) is 37.7 Å². The van der Waals surface area contributed by atoms with Crippen LogP contribution in [0, 0.1) is 6.92 Å². The number of aryl methyl sites for hydroxylation is 1. The number of sulfonamides is 1. The summed E-state index contributed by atoms with van der Waals surface area (Å²) in [5, 5.41) is 0.503. The average molecular weight is 392 g/mol. The molecule has 2 atom stereocenters. The molecule has 0 amide bonds. The molecule has 0 saturated heterocycles. The molecule has 1 saturated carbocycles. The second-order valence-corrected chi connectivity index (χ2v) is 9.34. The first-order valence-corrected chi connectivity index (χ1v) is 10.9. The van der Waals surface area contributed by atoms with Gasteiger partial charge < -0.3 is 4.74 Å². The first-order chi connectivity index (χ1) is 12.5. The van der Waals surface area contributed by atoms with Gasteiger partial charge in [0.05, 0.1) is 16.6 Å². The third-order valence-corrected chi connectivity index (χ3v) is 7.32. The SMILES string of the molecule is Cc1ccc(S(=O)(=O)N2c3cc(Cl)ccc3O[C@@H]3CCCCC[C@H]32)cc1. The van der Waals surface area contributed by atoms with Crippen LogP contribution in [-0.4, -0.2) is 20.6 Å². The summed E-state index contributed by atoms with van der Waals surface area (Å²) < 4.78 is 34.9. The Kier molecular flexibility index (Phi) is 4.61. The smallest absolute Gasteiger partial charge is 0.264 e. The second-order valence-electron chi connectivity index (χ2n) is 7.09. The zero-order valence-corrected chi connectivity index (χ0v) is 16.3. The van der Waals surface area contributed by atoms with Crippen molar-refractivity contribution in [3.63, 3.8) is 0 Å². The van der Waals surface area contributed by atoms with Crippen molar-refractivity contribution in [3.05, 3.63) is 53.1 Å². The van der Waals surface area contributed by atoms with Crippen molar-refractivity contribution in [3.8, 4) is 5.75 Å². The molecule has 1 aliphatic carbocycles. The molecule has 0 bridgehead atoms. The third-order valence-electron chi connectivity index (χ3n) is 5.23. The van der Waals surface area contributed by atoms with E-state index in [2.05, 4.69) is 0 Å². The first-order valence-electron chi connectivity index (χ1n) is 9.04. The van der Waals surface area contributed by atoms with Crippen molar-refractivity contribution in [1.29, 1.82) is 0 Å². The Labute approximate surface area is 159 Å². The van der Waals surface area contributed by atoms with Crippen LogP contribution < -0.4 is 9.04 Å². The van der Waals surface area contributed by atoms with Crippen molar-refractivity contribution < 1.29 is 13.2 Å². The van der Waals surface area contributed by atoms with E-state index in [0.29, 0.717) is 21.4 Å². The van der Waals surface area contributed by atoms with Gasteiger partial charge >= 0.3 is 0 Å². The minimum absolute atomic E-state index is 0.119. The van der Waals surface area contributed by atoms with E-state index in [0.717, 1.165) is 37.7 Å². The molecule has 6 heteroatoms. The van der Waals surface area contributed by atoms with Gasteiger partial charge in [-0.3, -0.25) is 4.31 Å². The monoisotopic (exact) mass is 391 g/mol. The molecule has 1 heterocycles. The minimum Gasteiger partial charge on any atom is -0.486 e. The summed E-state index contributed by atoms with van der Waals surface area (Å²) in [5.74, 6) is 0.591. The number of halogens is 1. The molecule has 1 aliphatic heterocycles. The maximum absolute atomic E-state index is 13.6. The Hall–Kier alpha value is -1.72. The quantitative estimate of drug-likeness (QED) is 0.728. The van der Waals surface area contributed by atoms with Gasteiger partial charge in [0, 0.05) is 5.02 Å². The highest BCUT2D eigenvalue weighted by molar-refractivity contribution is 7.92. The van der Waals surface area contributed by atoms with E-state index in [1.54, 1.807) is 34.6 Å². The largest absolute Gasteiger partial charge is 0.486 e. The van der Waals surface area contributed by atoms with Crippen LogP contribution in [0.15, 0.2) is 47.4 Å². The molecule has 26 heavy (non-hydrogen) atoms. The predicted octanol–water partition coefficient (Wildman–Crippen LogP) is 4.94. The van der Waals surface area contributed by atoms with Gasteiger partial charge in [-0.25, -0.2) is 8.42 Å². The molecule has 1 fully saturated rings. The Morgan fingerprint density at radius 2 is 1.77 bits per heavy atom. The summed E-state index contributed by atoms with van der Waals surface area (Å²) in [6, 6.07) is 12.0. The van der Waals surface area contributed by atoms with Gasteiger partial charge in [-0.1, -0.05) is 42.1 Å². The molecule has 0 N–H and O–H groups in total. The first kappa shape index (κ1) is 17.7. The van der Waals surface area contributed by atoms with E-state index >= 15 is 0 Å². The van der Waals surface area contributed by atoms with Gasteiger partial charge in [-0.15, -0.1) is 0 Å². The van der Waals surface area contributed by atoms with Gasteiger partial charge in [0.25, 0.3) is 10.0 Å². The fourth-order valence-corrected chi connectivity index (χ4v) is 5.77. The molecule has 0 radical (unpaired) electrons. The van der Waals surface area contributed by atoms with Crippen molar-refractivity contribution in [1.82, 2.24) is 0 Å². The van der Waals surface area contributed by atoms with E-state index in [-0.39, 0.29) is 12.1 Å². The molecule has 0 unspecified atom stereocenters. The Morgan fingerprint density at radius 3 is 2.54 bits per heavy atom. The Morgan fingerprint density at radius 1 is 1.04 bits per heavy atom. The maximum Gasteiger partial charge on any atom is 0.264 e. The average Bonchev–Trinajstić information content (AvgIpc) is 2.85. The number of rotatable bonds is 2. The molecule has 4 rings (SSSR count). The van der Waals surface area contributed by atoms with Crippen molar-refractivity contribution >= 4 is 27.3 Å². The molecule has 0 aromatic heterocycles. The number of hydrogen-bond donors (Lipinski definition) is 0. The lowest BCUT2D eigenvalue weighted by molar-refractivity contribution is 0.152. The fourth-order valence-electron chi connectivity index (χ4n) is 3.90. The second kappa shape index (κ2) is 6.78. The summed E-state index contributed by atoms with van der Waals surface area (Å²) in [6.07, 6.45) is 4.70. The molecular weight excluding hydrogens is 370 g/mol. The molecule has 138 valence electrons. The van der Waals surface area contributed by atoms with Gasteiger partial charge in [-0.2, -0.15) is 0 Å². The normalized spacial score (nSPS) is 22.8. The van der Waals surface area contributed by atoms with Crippen LogP contribution in [0.4, 0.5) is 5.69 Å². The summed E-state index contributed by atoms with van der Waals surface area (Å²) in [5.41, 5.74) is 1.57. The number of anilines is 1. The fraction of sp³-hybridized carbons (Fsp3) is 0.400.